The van der Waals surface area contributed by atoms with Crippen LogP contribution in [0.2, 0.25) is 0 Å². The molecule has 1 N–H and O–H groups in total. The molecule has 1 heterocycles. The first-order valence-electron chi connectivity index (χ1n) is 6.13. The summed E-state index contributed by atoms with van der Waals surface area (Å²) in [6.45, 7) is 8.37. The fourth-order valence-corrected chi connectivity index (χ4v) is 1.89. The van der Waals surface area contributed by atoms with Crippen LogP contribution in [0.15, 0.2) is 18.5 Å². The first-order valence-corrected chi connectivity index (χ1v) is 6.13. The predicted octanol–water partition coefficient (Wildman–Crippen LogP) is 2.58. The molecule has 1 aromatic rings. The van der Waals surface area contributed by atoms with E-state index in [2.05, 4.69) is 49.1 Å². The third-order valence-corrected chi connectivity index (χ3v) is 2.90. The molecule has 0 radical (unpaired) electrons. The van der Waals surface area contributed by atoms with Gasteiger partial charge in [-0.3, -0.25) is 0 Å². The first-order chi connectivity index (χ1) is 7.71. The van der Waals surface area contributed by atoms with Crippen LogP contribution in [0.3, 0.4) is 0 Å². The Morgan fingerprint density at radius 3 is 2.75 bits per heavy atom. The summed E-state index contributed by atoms with van der Waals surface area (Å²) in [6, 6.07) is 2.67. The van der Waals surface area contributed by atoms with Gasteiger partial charge in [-0.2, -0.15) is 0 Å². The van der Waals surface area contributed by atoms with Gasteiger partial charge in [0, 0.05) is 32.1 Å². The Kier molecular flexibility index (Phi) is 5.56. The van der Waals surface area contributed by atoms with E-state index < -0.39 is 0 Å². The molecule has 0 saturated heterocycles. The molecule has 92 valence electrons. The van der Waals surface area contributed by atoms with Gasteiger partial charge in [-0.05, 0) is 31.5 Å². The second-order valence-electron chi connectivity index (χ2n) is 4.21. The van der Waals surface area contributed by atoms with Crippen molar-refractivity contribution in [3.8, 4) is 0 Å². The molecule has 2 unspecified atom stereocenters. The Balaban J connectivity index is 2.62. The van der Waals surface area contributed by atoms with Gasteiger partial charge in [-0.15, -0.1) is 0 Å². The van der Waals surface area contributed by atoms with Gasteiger partial charge in [0.15, 0.2) is 0 Å². The van der Waals surface area contributed by atoms with Crippen LogP contribution in [0.5, 0.6) is 0 Å². The molecule has 0 aliphatic heterocycles. The fraction of sp³-hybridized carbons (Fsp3) is 0.692. The van der Waals surface area contributed by atoms with Crippen LogP contribution in [0.1, 0.15) is 38.8 Å². The van der Waals surface area contributed by atoms with Crippen molar-refractivity contribution < 1.29 is 4.74 Å². The number of methoxy groups -OCH3 is 1. The highest BCUT2D eigenvalue weighted by molar-refractivity contribution is 5.15. The number of hydrogen-bond donors (Lipinski definition) is 1. The summed E-state index contributed by atoms with van der Waals surface area (Å²) in [5, 5.41) is 3.48. The highest BCUT2D eigenvalue weighted by atomic mass is 16.5. The predicted molar refractivity (Wildman–Crippen MR) is 67.6 cm³/mol. The summed E-state index contributed by atoms with van der Waals surface area (Å²) < 4.78 is 7.46. The molecule has 1 aromatic heterocycles. The molecule has 0 aliphatic rings. The average Bonchev–Trinajstić information content (AvgIpc) is 2.74. The molecule has 1 rings (SSSR count). The lowest BCUT2D eigenvalue weighted by Gasteiger charge is -2.14. The number of nitrogens with one attached hydrogen (secondary N) is 1. The molecule has 0 amide bonds. The third kappa shape index (κ3) is 3.65. The average molecular weight is 224 g/mol. The molecule has 0 bridgehead atoms. The van der Waals surface area contributed by atoms with Gasteiger partial charge in [0.05, 0.1) is 6.10 Å². The second kappa shape index (κ2) is 6.71. The Hall–Kier alpha value is -0.800. The summed E-state index contributed by atoms with van der Waals surface area (Å²) in [6.07, 6.45) is 5.73. The van der Waals surface area contributed by atoms with Gasteiger partial charge in [0.1, 0.15) is 0 Å². The van der Waals surface area contributed by atoms with Crippen molar-refractivity contribution in [2.24, 2.45) is 0 Å². The minimum atomic E-state index is 0.263. The van der Waals surface area contributed by atoms with Gasteiger partial charge in [0.2, 0.25) is 0 Å². The second-order valence-corrected chi connectivity index (χ2v) is 4.21. The van der Waals surface area contributed by atoms with E-state index in [0.717, 1.165) is 19.5 Å². The quantitative estimate of drug-likeness (QED) is 0.770. The van der Waals surface area contributed by atoms with Crippen molar-refractivity contribution in [3.05, 3.63) is 24.0 Å². The zero-order valence-corrected chi connectivity index (χ0v) is 10.9. The molecule has 16 heavy (non-hydrogen) atoms. The van der Waals surface area contributed by atoms with Crippen molar-refractivity contribution in [3.63, 3.8) is 0 Å². The molecular weight excluding hydrogens is 200 g/mol. The largest absolute Gasteiger partial charge is 0.380 e. The summed E-state index contributed by atoms with van der Waals surface area (Å²) in [7, 11) is 1.75. The lowest BCUT2D eigenvalue weighted by molar-refractivity contribution is 0.103. The maximum absolute atomic E-state index is 5.26. The Bertz CT molecular complexity index is 296. The molecule has 0 spiro atoms. The zero-order valence-electron chi connectivity index (χ0n) is 10.9. The van der Waals surface area contributed by atoms with Gasteiger partial charge < -0.3 is 14.6 Å². The SMILES string of the molecule is CCNC(CC)c1ccn(CC(C)OC)c1. The molecule has 0 aromatic carbocycles. The van der Waals surface area contributed by atoms with Crippen LogP contribution >= 0.6 is 0 Å². The highest BCUT2D eigenvalue weighted by Gasteiger charge is 2.09. The van der Waals surface area contributed by atoms with E-state index in [1.165, 1.54) is 5.56 Å². The zero-order chi connectivity index (χ0) is 12.0. The van der Waals surface area contributed by atoms with E-state index >= 15 is 0 Å². The number of aromatic nitrogens is 1. The Morgan fingerprint density at radius 1 is 1.44 bits per heavy atom. The number of hydrogen-bond acceptors (Lipinski definition) is 2. The smallest absolute Gasteiger partial charge is 0.0721 e. The van der Waals surface area contributed by atoms with E-state index in [1.54, 1.807) is 7.11 Å². The molecule has 2 atom stereocenters. The van der Waals surface area contributed by atoms with Crippen LogP contribution in [0.4, 0.5) is 0 Å². The minimum absolute atomic E-state index is 0.263. The molecular formula is C13H24N2O. The van der Waals surface area contributed by atoms with Crippen LogP contribution in [0, 0.1) is 0 Å². The lowest BCUT2D eigenvalue weighted by Crippen LogP contribution is -2.19. The Labute approximate surface area is 98.8 Å². The van der Waals surface area contributed by atoms with Gasteiger partial charge in [-0.25, -0.2) is 0 Å². The van der Waals surface area contributed by atoms with E-state index in [4.69, 9.17) is 4.74 Å². The summed E-state index contributed by atoms with van der Waals surface area (Å²) in [4.78, 5) is 0. The summed E-state index contributed by atoms with van der Waals surface area (Å²) >= 11 is 0. The lowest BCUT2D eigenvalue weighted by atomic mass is 10.1. The standard InChI is InChI=1S/C13H24N2O/c1-5-13(14-6-2)12-7-8-15(10-12)9-11(3)16-4/h7-8,10-11,13-14H,5-6,9H2,1-4H3. The van der Waals surface area contributed by atoms with Crippen molar-refractivity contribution in [1.29, 1.82) is 0 Å². The third-order valence-electron chi connectivity index (χ3n) is 2.90. The Morgan fingerprint density at radius 2 is 2.19 bits per heavy atom. The van der Waals surface area contributed by atoms with Crippen molar-refractivity contribution in [2.45, 2.75) is 45.9 Å². The van der Waals surface area contributed by atoms with Crippen molar-refractivity contribution in [2.75, 3.05) is 13.7 Å². The summed E-state index contributed by atoms with van der Waals surface area (Å²) in [5.74, 6) is 0. The fourth-order valence-electron chi connectivity index (χ4n) is 1.89. The highest BCUT2D eigenvalue weighted by Crippen LogP contribution is 2.17. The van der Waals surface area contributed by atoms with Crippen LogP contribution < -0.4 is 5.32 Å². The molecule has 0 aliphatic carbocycles. The number of ether oxygens (including phenoxy) is 1. The molecule has 0 fully saturated rings. The van der Waals surface area contributed by atoms with Crippen LogP contribution in [-0.4, -0.2) is 24.3 Å². The maximum Gasteiger partial charge on any atom is 0.0721 e. The van der Waals surface area contributed by atoms with E-state index in [1.807, 2.05) is 0 Å². The number of nitrogens with zero attached hydrogens (tertiary/aromatic N) is 1. The molecule has 0 saturated carbocycles. The van der Waals surface area contributed by atoms with Crippen LogP contribution in [0.25, 0.3) is 0 Å². The molecule has 3 heteroatoms. The number of rotatable bonds is 7. The van der Waals surface area contributed by atoms with Crippen molar-refractivity contribution >= 4 is 0 Å². The monoisotopic (exact) mass is 224 g/mol. The first kappa shape index (κ1) is 13.3. The van der Waals surface area contributed by atoms with Gasteiger partial charge >= 0.3 is 0 Å². The van der Waals surface area contributed by atoms with Crippen LogP contribution in [-0.2, 0) is 11.3 Å². The van der Waals surface area contributed by atoms with E-state index in [0.29, 0.717) is 6.04 Å². The van der Waals surface area contributed by atoms with Gasteiger partial charge in [0.25, 0.3) is 0 Å². The molecule has 3 nitrogen and oxygen atoms in total. The van der Waals surface area contributed by atoms with Crippen molar-refractivity contribution in [1.82, 2.24) is 9.88 Å². The minimum Gasteiger partial charge on any atom is -0.380 e. The normalized spacial score (nSPS) is 15.0. The maximum atomic E-state index is 5.26. The van der Waals surface area contributed by atoms with E-state index in [-0.39, 0.29) is 6.10 Å². The summed E-state index contributed by atoms with van der Waals surface area (Å²) in [5.41, 5.74) is 1.37. The topological polar surface area (TPSA) is 26.2 Å². The van der Waals surface area contributed by atoms with E-state index in [9.17, 15) is 0 Å². The van der Waals surface area contributed by atoms with Gasteiger partial charge in [-0.1, -0.05) is 13.8 Å².